The average Bonchev–Trinajstić information content (AvgIpc) is 2.90. The molecule has 1 aromatic heterocycles. The third-order valence-electron chi connectivity index (χ3n) is 4.38. The molecule has 2 heterocycles. The van der Waals surface area contributed by atoms with E-state index in [2.05, 4.69) is 30.0 Å². The quantitative estimate of drug-likeness (QED) is 0.861. The zero-order valence-electron chi connectivity index (χ0n) is 13.0. The van der Waals surface area contributed by atoms with Crippen LogP contribution in [0.4, 0.5) is 0 Å². The van der Waals surface area contributed by atoms with E-state index in [1.54, 1.807) is 7.11 Å². The molecule has 1 fully saturated rings. The molecule has 2 rings (SSSR count). The third-order valence-corrected chi connectivity index (χ3v) is 4.38. The van der Waals surface area contributed by atoms with Crippen LogP contribution in [0.25, 0.3) is 0 Å². The first-order valence-corrected chi connectivity index (χ1v) is 7.68. The van der Waals surface area contributed by atoms with Crippen molar-refractivity contribution in [1.82, 2.24) is 14.7 Å². The Kier molecular flexibility index (Phi) is 5.57. The summed E-state index contributed by atoms with van der Waals surface area (Å²) in [7, 11) is 1.81. The first-order chi connectivity index (χ1) is 9.69. The van der Waals surface area contributed by atoms with E-state index in [0.717, 1.165) is 32.5 Å². The number of aromatic nitrogens is 2. The van der Waals surface area contributed by atoms with Crippen LogP contribution in [-0.4, -0.2) is 47.5 Å². The Morgan fingerprint density at radius 2 is 2.35 bits per heavy atom. The van der Waals surface area contributed by atoms with E-state index >= 15 is 0 Å². The maximum absolute atomic E-state index is 6.02. The number of ether oxygens (including phenoxy) is 1. The third kappa shape index (κ3) is 3.40. The molecule has 5 heteroatoms. The SMILES string of the molecule is CCCn1cc(C(CN)N2CCC(C)C(OC)C2)cn1. The average molecular weight is 280 g/mol. The van der Waals surface area contributed by atoms with Crippen LogP contribution in [0.2, 0.25) is 0 Å². The molecule has 3 atom stereocenters. The van der Waals surface area contributed by atoms with Gasteiger partial charge in [-0.25, -0.2) is 0 Å². The van der Waals surface area contributed by atoms with Crippen LogP contribution in [0.15, 0.2) is 12.4 Å². The number of hydrogen-bond acceptors (Lipinski definition) is 4. The van der Waals surface area contributed by atoms with E-state index in [9.17, 15) is 0 Å². The second-order valence-electron chi connectivity index (χ2n) is 5.82. The van der Waals surface area contributed by atoms with Gasteiger partial charge in [-0.1, -0.05) is 13.8 Å². The Hall–Kier alpha value is -0.910. The van der Waals surface area contributed by atoms with Gasteiger partial charge < -0.3 is 10.5 Å². The number of hydrogen-bond donors (Lipinski definition) is 1. The number of piperidine rings is 1. The van der Waals surface area contributed by atoms with Gasteiger partial charge in [0.15, 0.2) is 0 Å². The largest absolute Gasteiger partial charge is 0.380 e. The number of likely N-dealkylation sites (tertiary alicyclic amines) is 1. The molecule has 1 saturated heterocycles. The normalized spacial score (nSPS) is 25.8. The van der Waals surface area contributed by atoms with Gasteiger partial charge in [0, 0.05) is 38.5 Å². The van der Waals surface area contributed by atoms with Crippen LogP contribution in [0.3, 0.4) is 0 Å². The fourth-order valence-electron chi connectivity index (χ4n) is 3.05. The summed E-state index contributed by atoms with van der Waals surface area (Å²) < 4.78 is 7.62. The molecule has 0 amide bonds. The van der Waals surface area contributed by atoms with Crippen molar-refractivity contribution in [2.75, 3.05) is 26.7 Å². The zero-order chi connectivity index (χ0) is 14.5. The predicted molar refractivity (Wildman–Crippen MR) is 80.5 cm³/mol. The predicted octanol–water partition coefficient (Wildman–Crippen LogP) is 1.65. The maximum Gasteiger partial charge on any atom is 0.0724 e. The summed E-state index contributed by atoms with van der Waals surface area (Å²) in [6, 6.07) is 0.255. The first kappa shape index (κ1) is 15.5. The fraction of sp³-hybridized carbons (Fsp3) is 0.800. The summed E-state index contributed by atoms with van der Waals surface area (Å²) in [6.45, 7) is 8.07. The lowest BCUT2D eigenvalue weighted by molar-refractivity contribution is -0.0183. The van der Waals surface area contributed by atoms with E-state index in [0.29, 0.717) is 18.6 Å². The number of nitrogens with zero attached hydrogens (tertiary/aromatic N) is 3. The zero-order valence-corrected chi connectivity index (χ0v) is 13.0. The molecule has 0 saturated carbocycles. The highest BCUT2D eigenvalue weighted by atomic mass is 16.5. The Balaban J connectivity index is 2.06. The molecule has 1 aliphatic heterocycles. The smallest absolute Gasteiger partial charge is 0.0724 e. The number of rotatable bonds is 6. The molecule has 3 unspecified atom stereocenters. The fourth-order valence-corrected chi connectivity index (χ4v) is 3.05. The summed E-state index contributed by atoms with van der Waals surface area (Å²) >= 11 is 0. The molecule has 114 valence electrons. The molecular formula is C15H28N4O. The molecule has 2 N–H and O–H groups in total. The molecule has 1 aliphatic rings. The molecule has 0 spiro atoms. The lowest BCUT2D eigenvalue weighted by Gasteiger charge is -2.40. The molecule has 0 bridgehead atoms. The topological polar surface area (TPSA) is 56.3 Å². The molecule has 5 nitrogen and oxygen atoms in total. The van der Waals surface area contributed by atoms with Crippen molar-refractivity contribution in [2.45, 2.75) is 45.4 Å². The van der Waals surface area contributed by atoms with Gasteiger partial charge in [0.2, 0.25) is 0 Å². The van der Waals surface area contributed by atoms with Crippen LogP contribution >= 0.6 is 0 Å². The van der Waals surface area contributed by atoms with Gasteiger partial charge in [0.1, 0.15) is 0 Å². The highest BCUT2D eigenvalue weighted by Gasteiger charge is 2.30. The highest BCUT2D eigenvalue weighted by Crippen LogP contribution is 2.27. The second-order valence-corrected chi connectivity index (χ2v) is 5.82. The Morgan fingerprint density at radius 3 is 3.00 bits per heavy atom. The van der Waals surface area contributed by atoms with E-state index in [1.165, 1.54) is 5.56 Å². The van der Waals surface area contributed by atoms with Crippen molar-refractivity contribution in [3.05, 3.63) is 18.0 Å². The van der Waals surface area contributed by atoms with Gasteiger partial charge in [-0.05, 0) is 25.3 Å². The highest BCUT2D eigenvalue weighted by molar-refractivity contribution is 5.12. The lowest BCUT2D eigenvalue weighted by Crippen LogP contribution is -2.47. The minimum absolute atomic E-state index is 0.255. The van der Waals surface area contributed by atoms with Crippen LogP contribution in [0.5, 0.6) is 0 Å². The van der Waals surface area contributed by atoms with Crippen molar-refractivity contribution < 1.29 is 4.74 Å². The van der Waals surface area contributed by atoms with Crippen molar-refractivity contribution in [2.24, 2.45) is 11.7 Å². The summed E-state index contributed by atoms with van der Waals surface area (Å²) in [4.78, 5) is 2.45. The van der Waals surface area contributed by atoms with Gasteiger partial charge in [-0.15, -0.1) is 0 Å². The minimum Gasteiger partial charge on any atom is -0.380 e. The summed E-state index contributed by atoms with van der Waals surface area (Å²) in [5.41, 5.74) is 7.25. The summed E-state index contributed by atoms with van der Waals surface area (Å²) in [5, 5.41) is 4.43. The van der Waals surface area contributed by atoms with Crippen LogP contribution < -0.4 is 5.73 Å². The van der Waals surface area contributed by atoms with Gasteiger partial charge >= 0.3 is 0 Å². The van der Waals surface area contributed by atoms with Crippen molar-refractivity contribution in [1.29, 1.82) is 0 Å². The van der Waals surface area contributed by atoms with Crippen LogP contribution in [0.1, 0.15) is 38.3 Å². The second kappa shape index (κ2) is 7.20. The van der Waals surface area contributed by atoms with Crippen LogP contribution in [-0.2, 0) is 11.3 Å². The number of aryl methyl sites for hydroxylation is 1. The lowest BCUT2D eigenvalue weighted by atomic mass is 9.94. The van der Waals surface area contributed by atoms with Crippen molar-refractivity contribution in [3.63, 3.8) is 0 Å². The van der Waals surface area contributed by atoms with Crippen molar-refractivity contribution in [3.8, 4) is 0 Å². The molecule has 20 heavy (non-hydrogen) atoms. The van der Waals surface area contributed by atoms with E-state index in [-0.39, 0.29) is 6.04 Å². The monoisotopic (exact) mass is 280 g/mol. The molecule has 0 aliphatic carbocycles. The number of methoxy groups -OCH3 is 1. The Morgan fingerprint density at radius 1 is 1.55 bits per heavy atom. The molecule has 0 aromatic carbocycles. The molecule has 0 radical (unpaired) electrons. The standard InChI is InChI=1S/C15H28N4O/c1-4-6-19-10-13(9-17-19)14(8-16)18-7-5-12(2)15(11-18)20-3/h9-10,12,14-15H,4-8,11,16H2,1-3H3. The van der Waals surface area contributed by atoms with Gasteiger partial charge in [0.05, 0.1) is 18.3 Å². The maximum atomic E-state index is 6.02. The summed E-state index contributed by atoms with van der Waals surface area (Å²) in [6.07, 6.45) is 6.68. The van der Waals surface area contributed by atoms with Gasteiger partial charge in [-0.3, -0.25) is 9.58 Å². The van der Waals surface area contributed by atoms with E-state index in [4.69, 9.17) is 10.5 Å². The summed E-state index contributed by atoms with van der Waals surface area (Å²) in [5.74, 6) is 0.623. The molecular weight excluding hydrogens is 252 g/mol. The Bertz CT molecular complexity index is 406. The number of nitrogens with two attached hydrogens (primary N) is 1. The van der Waals surface area contributed by atoms with Gasteiger partial charge in [0.25, 0.3) is 0 Å². The van der Waals surface area contributed by atoms with Crippen LogP contribution in [0, 0.1) is 5.92 Å². The minimum atomic E-state index is 0.255. The van der Waals surface area contributed by atoms with Gasteiger partial charge in [-0.2, -0.15) is 5.10 Å². The first-order valence-electron chi connectivity index (χ1n) is 7.68. The Labute approximate surface area is 122 Å². The van der Waals surface area contributed by atoms with Crippen molar-refractivity contribution >= 4 is 0 Å². The molecule has 1 aromatic rings. The van der Waals surface area contributed by atoms with E-state index < -0.39 is 0 Å². The van der Waals surface area contributed by atoms with E-state index in [1.807, 2.05) is 10.9 Å².